The smallest absolute Gasteiger partial charge is 0.162 e. The Morgan fingerprint density at radius 1 is 1.32 bits per heavy atom. The van der Waals surface area contributed by atoms with Crippen molar-refractivity contribution in [3.8, 4) is 5.75 Å². The van der Waals surface area contributed by atoms with Crippen molar-refractivity contribution in [2.24, 2.45) is 0 Å². The van der Waals surface area contributed by atoms with Gasteiger partial charge in [-0.1, -0.05) is 12.1 Å². The molecule has 0 spiro atoms. The van der Waals surface area contributed by atoms with E-state index in [9.17, 15) is 0 Å². The monoisotopic (exact) mass is 265 g/mol. The van der Waals surface area contributed by atoms with Crippen molar-refractivity contribution in [1.29, 1.82) is 0 Å². The van der Waals surface area contributed by atoms with E-state index >= 15 is 0 Å². The number of benzene rings is 1. The second-order valence-corrected chi connectivity index (χ2v) is 5.27. The molecule has 1 aromatic carbocycles. The first-order chi connectivity index (χ1) is 9.09. The second kappa shape index (κ2) is 6.37. The standard InChI is InChI=1S/C15H23NO3/c1-15(2)18-10-13(11-19-15)16-8-7-12-5-4-6-14(9-12)17-3/h4-6,9,13,16H,7-8,10-11H2,1-3H3. The molecule has 4 heteroatoms. The molecule has 1 heterocycles. The molecule has 0 bridgehead atoms. The Balaban J connectivity index is 1.72. The molecule has 0 atom stereocenters. The lowest BCUT2D eigenvalue weighted by atomic mass is 10.1. The lowest BCUT2D eigenvalue weighted by Crippen LogP contribution is -2.48. The van der Waals surface area contributed by atoms with Crippen LogP contribution in [0.2, 0.25) is 0 Å². The van der Waals surface area contributed by atoms with Crippen molar-refractivity contribution in [1.82, 2.24) is 5.32 Å². The average molecular weight is 265 g/mol. The van der Waals surface area contributed by atoms with E-state index in [0.717, 1.165) is 18.7 Å². The van der Waals surface area contributed by atoms with Gasteiger partial charge in [-0.15, -0.1) is 0 Å². The van der Waals surface area contributed by atoms with Crippen molar-refractivity contribution in [2.75, 3.05) is 26.9 Å². The molecule has 1 N–H and O–H groups in total. The average Bonchev–Trinajstić information content (AvgIpc) is 2.41. The fourth-order valence-corrected chi connectivity index (χ4v) is 2.06. The maximum atomic E-state index is 5.61. The molecular formula is C15H23NO3. The van der Waals surface area contributed by atoms with Gasteiger partial charge in [0.25, 0.3) is 0 Å². The molecule has 1 aliphatic heterocycles. The highest BCUT2D eigenvalue weighted by Gasteiger charge is 2.27. The summed E-state index contributed by atoms with van der Waals surface area (Å²) in [5.41, 5.74) is 1.27. The van der Waals surface area contributed by atoms with E-state index in [1.807, 2.05) is 26.0 Å². The maximum absolute atomic E-state index is 5.61. The number of hydrogen-bond acceptors (Lipinski definition) is 4. The van der Waals surface area contributed by atoms with Crippen molar-refractivity contribution in [3.63, 3.8) is 0 Å². The Labute approximate surface area is 115 Å². The number of nitrogens with one attached hydrogen (secondary N) is 1. The first-order valence-electron chi connectivity index (χ1n) is 6.73. The third-order valence-electron chi connectivity index (χ3n) is 3.25. The first-order valence-corrected chi connectivity index (χ1v) is 6.73. The normalized spacial score (nSPS) is 19.3. The maximum Gasteiger partial charge on any atom is 0.162 e. The highest BCUT2D eigenvalue weighted by molar-refractivity contribution is 5.28. The predicted octanol–water partition coefficient (Wildman–Crippen LogP) is 1.98. The SMILES string of the molecule is COc1cccc(CCNC2COC(C)(C)OC2)c1. The highest BCUT2D eigenvalue weighted by Crippen LogP contribution is 2.17. The fourth-order valence-electron chi connectivity index (χ4n) is 2.06. The van der Waals surface area contributed by atoms with Crippen LogP contribution in [0.4, 0.5) is 0 Å². The molecule has 0 aromatic heterocycles. The molecule has 1 saturated heterocycles. The van der Waals surface area contributed by atoms with Gasteiger partial charge in [-0.25, -0.2) is 0 Å². The fraction of sp³-hybridized carbons (Fsp3) is 0.600. The zero-order valence-electron chi connectivity index (χ0n) is 11.9. The lowest BCUT2D eigenvalue weighted by molar-refractivity contribution is -0.252. The molecule has 0 amide bonds. The molecule has 19 heavy (non-hydrogen) atoms. The Kier molecular flexibility index (Phi) is 4.80. The molecule has 1 aliphatic rings. The second-order valence-electron chi connectivity index (χ2n) is 5.27. The minimum Gasteiger partial charge on any atom is -0.497 e. The van der Waals surface area contributed by atoms with E-state index in [1.54, 1.807) is 7.11 Å². The summed E-state index contributed by atoms with van der Waals surface area (Å²) in [7, 11) is 1.69. The van der Waals surface area contributed by atoms with Gasteiger partial charge in [-0.3, -0.25) is 0 Å². The van der Waals surface area contributed by atoms with Crippen molar-refractivity contribution in [3.05, 3.63) is 29.8 Å². The summed E-state index contributed by atoms with van der Waals surface area (Å²) >= 11 is 0. The minimum atomic E-state index is -0.440. The Hall–Kier alpha value is -1.10. The van der Waals surface area contributed by atoms with Crippen LogP contribution in [0.1, 0.15) is 19.4 Å². The lowest BCUT2D eigenvalue weighted by Gasteiger charge is -2.35. The van der Waals surface area contributed by atoms with Crippen LogP contribution in [0.3, 0.4) is 0 Å². The van der Waals surface area contributed by atoms with Crippen LogP contribution in [0, 0.1) is 0 Å². The van der Waals surface area contributed by atoms with Crippen molar-refractivity contribution >= 4 is 0 Å². The van der Waals surface area contributed by atoms with E-state index < -0.39 is 5.79 Å². The largest absolute Gasteiger partial charge is 0.497 e. The van der Waals surface area contributed by atoms with Crippen molar-refractivity contribution < 1.29 is 14.2 Å². The van der Waals surface area contributed by atoms with E-state index in [4.69, 9.17) is 14.2 Å². The molecule has 1 fully saturated rings. The van der Waals surface area contributed by atoms with Crippen LogP contribution in [0.5, 0.6) is 5.75 Å². The van der Waals surface area contributed by atoms with E-state index in [-0.39, 0.29) is 6.04 Å². The third-order valence-corrected chi connectivity index (χ3v) is 3.25. The Morgan fingerprint density at radius 2 is 2.05 bits per heavy atom. The van der Waals surface area contributed by atoms with Crippen LogP contribution < -0.4 is 10.1 Å². The van der Waals surface area contributed by atoms with Crippen LogP contribution in [0.25, 0.3) is 0 Å². The summed E-state index contributed by atoms with van der Waals surface area (Å²) in [6.07, 6.45) is 0.969. The number of rotatable bonds is 5. The van der Waals surface area contributed by atoms with Gasteiger partial charge < -0.3 is 19.5 Å². The topological polar surface area (TPSA) is 39.7 Å². The minimum absolute atomic E-state index is 0.277. The summed E-state index contributed by atoms with van der Waals surface area (Å²) in [4.78, 5) is 0. The number of hydrogen-bond donors (Lipinski definition) is 1. The van der Waals surface area contributed by atoms with Gasteiger partial charge in [0, 0.05) is 0 Å². The third kappa shape index (κ3) is 4.49. The number of methoxy groups -OCH3 is 1. The van der Waals surface area contributed by atoms with E-state index in [2.05, 4.69) is 17.4 Å². The molecular weight excluding hydrogens is 242 g/mol. The molecule has 1 aromatic rings. The van der Waals surface area contributed by atoms with Gasteiger partial charge in [-0.2, -0.15) is 0 Å². The Bertz CT molecular complexity index is 396. The highest BCUT2D eigenvalue weighted by atomic mass is 16.7. The van der Waals surface area contributed by atoms with Crippen LogP contribution in [-0.2, 0) is 15.9 Å². The van der Waals surface area contributed by atoms with Crippen LogP contribution in [-0.4, -0.2) is 38.7 Å². The zero-order chi connectivity index (χ0) is 13.7. The zero-order valence-corrected chi connectivity index (χ0v) is 11.9. The summed E-state index contributed by atoms with van der Waals surface area (Å²) in [5, 5.41) is 3.45. The molecule has 0 radical (unpaired) electrons. The van der Waals surface area contributed by atoms with Gasteiger partial charge in [0.1, 0.15) is 5.75 Å². The van der Waals surface area contributed by atoms with E-state index in [1.165, 1.54) is 5.56 Å². The van der Waals surface area contributed by atoms with Crippen LogP contribution in [0.15, 0.2) is 24.3 Å². The van der Waals surface area contributed by atoms with Crippen LogP contribution >= 0.6 is 0 Å². The van der Waals surface area contributed by atoms with Gasteiger partial charge >= 0.3 is 0 Å². The summed E-state index contributed by atoms with van der Waals surface area (Å²) in [6, 6.07) is 8.43. The van der Waals surface area contributed by atoms with Gasteiger partial charge in [-0.05, 0) is 44.5 Å². The quantitative estimate of drug-likeness (QED) is 0.883. The Morgan fingerprint density at radius 3 is 2.74 bits per heavy atom. The van der Waals surface area contributed by atoms with E-state index in [0.29, 0.717) is 13.2 Å². The molecule has 2 rings (SSSR count). The predicted molar refractivity (Wildman–Crippen MR) is 74.5 cm³/mol. The molecule has 0 saturated carbocycles. The summed E-state index contributed by atoms with van der Waals surface area (Å²) in [5.74, 6) is 0.467. The van der Waals surface area contributed by atoms with Gasteiger partial charge in [0.2, 0.25) is 0 Å². The van der Waals surface area contributed by atoms with Crippen molar-refractivity contribution in [2.45, 2.75) is 32.1 Å². The van der Waals surface area contributed by atoms with Gasteiger partial charge in [0.15, 0.2) is 5.79 Å². The molecule has 4 nitrogen and oxygen atoms in total. The first kappa shape index (κ1) is 14.3. The van der Waals surface area contributed by atoms with Gasteiger partial charge in [0.05, 0.1) is 26.4 Å². The summed E-state index contributed by atoms with van der Waals surface area (Å²) < 4.78 is 16.4. The number of ether oxygens (including phenoxy) is 3. The molecule has 0 unspecified atom stereocenters. The molecule has 106 valence electrons. The summed E-state index contributed by atoms with van der Waals surface area (Å²) in [6.45, 7) is 6.19. The molecule has 0 aliphatic carbocycles.